The third-order valence-corrected chi connectivity index (χ3v) is 5.04. The Kier molecular flexibility index (Phi) is 6.08. The van der Waals surface area contributed by atoms with Gasteiger partial charge in [0.25, 0.3) is 0 Å². The third kappa shape index (κ3) is 4.90. The number of esters is 1. The van der Waals surface area contributed by atoms with Gasteiger partial charge in [0.1, 0.15) is 11.4 Å². The number of halogens is 2. The molecule has 0 bridgehead atoms. The van der Waals surface area contributed by atoms with E-state index in [-0.39, 0.29) is 11.8 Å². The van der Waals surface area contributed by atoms with E-state index in [1.807, 2.05) is 45.0 Å². The summed E-state index contributed by atoms with van der Waals surface area (Å²) in [5.74, 6) is -0.587. The number of hydrogen-bond acceptors (Lipinski definition) is 4. The minimum Gasteiger partial charge on any atom is -0.446 e. The van der Waals surface area contributed by atoms with E-state index in [2.05, 4.69) is 5.32 Å². The van der Waals surface area contributed by atoms with E-state index in [9.17, 15) is 9.18 Å². The first-order chi connectivity index (χ1) is 13.2. The Hall–Kier alpha value is -1.95. The maximum atomic E-state index is 13.4. The van der Waals surface area contributed by atoms with Crippen LogP contribution >= 0.6 is 11.6 Å². The molecule has 0 saturated carbocycles. The summed E-state index contributed by atoms with van der Waals surface area (Å²) in [6.45, 7) is 6.25. The maximum absolute atomic E-state index is 13.4. The molecule has 0 aromatic heterocycles. The van der Waals surface area contributed by atoms with Crippen molar-refractivity contribution in [2.45, 2.75) is 45.6 Å². The Morgan fingerprint density at radius 3 is 2.43 bits per heavy atom. The fourth-order valence-corrected chi connectivity index (χ4v) is 3.21. The summed E-state index contributed by atoms with van der Waals surface area (Å²) in [5.41, 5.74) is 0.494. The number of rotatable bonds is 5. The average molecular weight is 406 g/mol. The zero-order valence-corrected chi connectivity index (χ0v) is 17.1. The molecule has 1 N–H and O–H groups in total. The SMILES string of the molecule is CC(C)(C)C(=O)OC1CC(OCc2ccc(Cl)cc2)(c2ccc(F)cc2)CN1. The first-order valence-electron chi connectivity index (χ1n) is 9.27. The van der Waals surface area contributed by atoms with Crippen molar-refractivity contribution in [3.8, 4) is 0 Å². The molecule has 1 aliphatic rings. The van der Waals surface area contributed by atoms with Gasteiger partial charge >= 0.3 is 5.97 Å². The van der Waals surface area contributed by atoms with E-state index in [1.165, 1.54) is 12.1 Å². The quantitative estimate of drug-likeness (QED) is 0.726. The first-order valence-corrected chi connectivity index (χ1v) is 9.65. The lowest BCUT2D eigenvalue weighted by molar-refractivity contribution is -0.160. The van der Waals surface area contributed by atoms with E-state index in [4.69, 9.17) is 21.1 Å². The first kappa shape index (κ1) is 20.8. The summed E-state index contributed by atoms with van der Waals surface area (Å²) in [5, 5.41) is 3.89. The van der Waals surface area contributed by atoms with E-state index in [0.29, 0.717) is 24.6 Å². The highest BCUT2D eigenvalue weighted by Crippen LogP contribution is 2.37. The molecule has 0 radical (unpaired) electrons. The van der Waals surface area contributed by atoms with Crippen LogP contribution in [0.15, 0.2) is 48.5 Å². The van der Waals surface area contributed by atoms with Crippen molar-refractivity contribution >= 4 is 17.6 Å². The van der Waals surface area contributed by atoms with Crippen molar-refractivity contribution in [3.05, 3.63) is 70.5 Å². The number of hydrogen-bond donors (Lipinski definition) is 1. The van der Waals surface area contributed by atoms with Gasteiger partial charge in [-0.15, -0.1) is 0 Å². The van der Waals surface area contributed by atoms with Crippen LogP contribution < -0.4 is 5.32 Å². The van der Waals surface area contributed by atoms with Crippen molar-refractivity contribution in [2.24, 2.45) is 5.41 Å². The highest BCUT2D eigenvalue weighted by molar-refractivity contribution is 6.30. The highest BCUT2D eigenvalue weighted by atomic mass is 35.5. The molecule has 0 amide bonds. The molecule has 2 aromatic rings. The van der Waals surface area contributed by atoms with Gasteiger partial charge in [-0.1, -0.05) is 35.9 Å². The third-order valence-electron chi connectivity index (χ3n) is 4.79. The van der Waals surface area contributed by atoms with Crippen LogP contribution in [0.5, 0.6) is 0 Å². The second kappa shape index (κ2) is 8.19. The van der Waals surface area contributed by atoms with Gasteiger partial charge in [-0.05, 0) is 56.2 Å². The Morgan fingerprint density at radius 2 is 1.82 bits per heavy atom. The summed E-state index contributed by atoms with van der Waals surface area (Å²) in [7, 11) is 0. The molecular formula is C22H25ClFNO3. The monoisotopic (exact) mass is 405 g/mol. The molecule has 1 fully saturated rings. The second-order valence-electron chi connectivity index (χ2n) is 8.15. The molecule has 1 heterocycles. The number of benzene rings is 2. The van der Waals surface area contributed by atoms with E-state index in [0.717, 1.165) is 11.1 Å². The molecule has 150 valence electrons. The molecule has 3 rings (SSSR count). The molecular weight excluding hydrogens is 381 g/mol. The van der Waals surface area contributed by atoms with Gasteiger partial charge in [-0.25, -0.2) is 4.39 Å². The van der Waals surface area contributed by atoms with Crippen LogP contribution in [0.1, 0.15) is 38.3 Å². The van der Waals surface area contributed by atoms with Gasteiger partial charge in [0.15, 0.2) is 6.23 Å². The molecule has 0 aliphatic carbocycles. The summed E-state index contributed by atoms with van der Waals surface area (Å²) >= 11 is 5.95. The standard InChI is InChI=1S/C22H25ClFNO3/c1-21(2,3)20(26)28-19-12-22(14-25-19,16-6-10-18(24)11-7-16)27-13-15-4-8-17(23)9-5-15/h4-11,19,25H,12-14H2,1-3H3. The lowest BCUT2D eigenvalue weighted by Gasteiger charge is -2.30. The summed E-state index contributed by atoms with van der Waals surface area (Å²) < 4.78 is 25.4. The smallest absolute Gasteiger partial charge is 0.312 e. The molecule has 2 aromatic carbocycles. The van der Waals surface area contributed by atoms with E-state index in [1.54, 1.807) is 12.1 Å². The van der Waals surface area contributed by atoms with Crippen LogP contribution in [0.25, 0.3) is 0 Å². The summed E-state index contributed by atoms with van der Waals surface area (Å²) in [6.07, 6.45) is -0.0318. The Morgan fingerprint density at radius 1 is 1.18 bits per heavy atom. The van der Waals surface area contributed by atoms with Gasteiger partial charge in [0.2, 0.25) is 0 Å². The van der Waals surface area contributed by atoms with E-state index >= 15 is 0 Å². The molecule has 1 saturated heterocycles. The highest BCUT2D eigenvalue weighted by Gasteiger charge is 2.44. The van der Waals surface area contributed by atoms with Gasteiger partial charge < -0.3 is 9.47 Å². The molecule has 28 heavy (non-hydrogen) atoms. The van der Waals surface area contributed by atoms with Crippen molar-refractivity contribution in [3.63, 3.8) is 0 Å². The molecule has 1 aliphatic heterocycles. The van der Waals surface area contributed by atoms with Gasteiger partial charge in [0.05, 0.1) is 12.0 Å². The van der Waals surface area contributed by atoms with Crippen LogP contribution in [-0.2, 0) is 26.5 Å². The predicted molar refractivity (Wildman–Crippen MR) is 106 cm³/mol. The van der Waals surface area contributed by atoms with Gasteiger partial charge in [0, 0.05) is 18.0 Å². The summed E-state index contributed by atoms with van der Waals surface area (Å²) in [4.78, 5) is 12.3. The second-order valence-corrected chi connectivity index (χ2v) is 8.58. The van der Waals surface area contributed by atoms with Crippen LogP contribution in [0, 0.1) is 11.2 Å². The largest absolute Gasteiger partial charge is 0.446 e. The van der Waals surface area contributed by atoms with Crippen LogP contribution in [0.4, 0.5) is 4.39 Å². The molecule has 2 atom stereocenters. The molecule has 6 heteroatoms. The maximum Gasteiger partial charge on any atom is 0.312 e. The fraction of sp³-hybridized carbons (Fsp3) is 0.409. The lowest BCUT2D eigenvalue weighted by Crippen LogP contribution is -2.33. The van der Waals surface area contributed by atoms with Crippen molar-refractivity contribution in [2.75, 3.05) is 6.54 Å². The number of carbonyl (C=O) groups is 1. The van der Waals surface area contributed by atoms with Crippen LogP contribution in [-0.4, -0.2) is 18.7 Å². The predicted octanol–water partition coefficient (Wildman–Crippen LogP) is 4.80. The Balaban J connectivity index is 1.79. The number of carbonyl (C=O) groups excluding carboxylic acids is 1. The number of nitrogens with one attached hydrogen (secondary N) is 1. The normalized spacial score (nSPS) is 22.2. The summed E-state index contributed by atoms with van der Waals surface area (Å²) in [6, 6.07) is 13.7. The average Bonchev–Trinajstić information content (AvgIpc) is 3.05. The zero-order valence-electron chi connectivity index (χ0n) is 16.3. The van der Waals surface area contributed by atoms with Crippen molar-refractivity contribution < 1.29 is 18.7 Å². The molecule has 2 unspecified atom stereocenters. The Bertz CT molecular complexity index is 817. The minimum absolute atomic E-state index is 0.280. The van der Waals surface area contributed by atoms with Crippen LogP contribution in [0.2, 0.25) is 5.02 Å². The minimum atomic E-state index is -0.726. The lowest BCUT2D eigenvalue weighted by atomic mass is 9.92. The fourth-order valence-electron chi connectivity index (χ4n) is 3.08. The molecule has 0 spiro atoms. The molecule has 4 nitrogen and oxygen atoms in total. The zero-order chi connectivity index (χ0) is 20.4. The van der Waals surface area contributed by atoms with Crippen molar-refractivity contribution in [1.82, 2.24) is 5.32 Å². The van der Waals surface area contributed by atoms with Gasteiger partial charge in [-0.3, -0.25) is 10.1 Å². The van der Waals surface area contributed by atoms with Gasteiger partial charge in [-0.2, -0.15) is 0 Å². The Labute approximate surface area is 170 Å². The topological polar surface area (TPSA) is 47.6 Å². The number of ether oxygens (including phenoxy) is 2. The van der Waals surface area contributed by atoms with Crippen LogP contribution in [0.3, 0.4) is 0 Å². The van der Waals surface area contributed by atoms with Crippen molar-refractivity contribution in [1.29, 1.82) is 0 Å². The van der Waals surface area contributed by atoms with E-state index < -0.39 is 17.2 Å².